The number of nitrogens with zero attached hydrogens (tertiary/aromatic N) is 2. The summed E-state index contributed by atoms with van der Waals surface area (Å²) in [5, 5.41) is 12.9. The average Bonchev–Trinajstić information content (AvgIpc) is 3.03. The lowest BCUT2D eigenvalue weighted by Gasteiger charge is -2.08. The topological polar surface area (TPSA) is 78.7 Å². The Balaban J connectivity index is 2.04. The second-order valence-electron chi connectivity index (χ2n) is 6.04. The Hall–Kier alpha value is -3.04. The van der Waals surface area contributed by atoms with E-state index in [1.807, 2.05) is 40.8 Å². The van der Waals surface area contributed by atoms with Crippen LogP contribution in [0.4, 0.5) is 5.82 Å². The molecule has 0 aliphatic carbocycles. The van der Waals surface area contributed by atoms with Crippen molar-refractivity contribution in [3.05, 3.63) is 42.1 Å². The van der Waals surface area contributed by atoms with Crippen LogP contribution in [0.15, 0.2) is 36.4 Å². The number of pyridine rings is 1. The predicted molar refractivity (Wildman–Crippen MR) is 102 cm³/mol. The van der Waals surface area contributed by atoms with Crippen molar-refractivity contribution in [2.45, 2.75) is 32.6 Å². The van der Waals surface area contributed by atoms with Crippen LogP contribution in [0.5, 0.6) is 0 Å². The predicted octanol–water partition coefficient (Wildman–Crippen LogP) is 3.34. The van der Waals surface area contributed by atoms with Crippen LogP contribution >= 0.6 is 0 Å². The molecular weight excluding hydrogens is 328 g/mol. The van der Waals surface area contributed by atoms with Gasteiger partial charge in [0, 0.05) is 6.42 Å². The fraction of sp³-hybridized carbons (Fsp3) is 0.300. The average molecular weight is 350 g/mol. The number of fused-ring (bicyclic) bond motifs is 3. The lowest BCUT2D eigenvalue weighted by molar-refractivity contribution is -0.127. The van der Waals surface area contributed by atoms with Gasteiger partial charge in [0.2, 0.25) is 0 Å². The lowest BCUT2D eigenvalue weighted by Crippen LogP contribution is -2.27. The van der Waals surface area contributed by atoms with E-state index in [2.05, 4.69) is 29.1 Å². The number of hydroxylamine groups is 1. The lowest BCUT2D eigenvalue weighted by atomic mass is 10.2. The minimum absolute atomic E-state index is 0.0714. The number of para-hydroxylation sites is 1. The summed E-state index contributed by atoms with van der Waals surface area (Å²) in [4.78, 5) is 16.1. The van der Waals surface area contributed by atoms with Gasteiger partial charge in [0.05, 0.1) is 12.1 Å². The number of aromatic nitrogens is 2. The zero-order valence-corrected chi connectivity index (χ0v) is 14.7. The summed E-state index contributed by atoms with van der Waals surface area (Å²) < 4.78 is 1.95. The molecule has 0 spiro atoms. The first-order valence-electron chi connectivity index (χ1n) is 8.80. The molecule has 0 atom stereocenters. The molecule has 0 fully saturated rings. The highest BCUT2D eigenvalue weighted by Gasteiger charge is 2.13. The molecule has 0 aliphatic rings. The quantitative estimate of drug-likeness (QED) is 0.276. The van der Waals surface area contributed by atoms with Gasteiger partial charge in [-0.1, -0.05) is 43.9 Å². The summed E-state index contributed by atoms with van der Waals surface area (Å²) in [5.74, 6) is 6.43. The molecule has 6 nitrogen and oxygen atoms in total. The molecule has 134 valence electrons. The van der Waals surface area contributed by atoms with E-state index < -0.39 is 5.91 Å². The van der Waals surface area contributed by atoms with E-state index in [1.54, 1.807) is 5.48 Å². The van der Waals surface area contributed by atoms with E-state index in [-0.39, 0.29) is 6.54 Å². The van der Waals surface area contributed by atoms with Crippen molar-refractivity contribution < 1.29 is 10.0 Å². The largest absolute Gasteiger partial charge is 0.360 e. The maximum Gasteiger partial charge on any atom is 0.262 e. The van der Waals surface area contributed by atoms with Gasteiger partial charge in [0.15, 0.2) is 5.69 Å². The molecule has 0 saturated carbocycles. The molecule has 1 aromatic carbocycles. The smallest absolute Gasteiger partial charge is 0.262 e. The van der Waals surface area contributed by atoms with Gasteiger partial charge >= 0.3 is 0 Å². The molecule has 1 amide bonds. The van der Waals surface area contributed by atoms with Crippen LogP contribution in [-0.4, -0.2) is 27.0 Å². The van der Waals surface area contributed by atoms with Crippen molar-refractivity contribution in [1.29, 1.82) is 0 Å². The zero-order valence-electron chi connectivity index (χ0n) is 14.7. The number of rotatable bonds is 6. The van der Waals surface area contributed by atoms with Crippen LogP contribution in [0, 0.1) is 11.8 Å². The van der Waals surface area contributed by atoms with Crippen LogP contribution in [0.3, 0.4) is 0 Å². The van der Waals surface area contributed by atoms with Gasteiger partial charge in [-0.2, -0.15) is 0 Å². The summed E-state index contributed by atoms with van der Waals surface area (Å²) in [6.45, 7) is 2.09. The van der Waals surface area contributed by atoms with Crippen molar-refractivity contribution in [1.82, 2.24) is 14.9 Å². The molecule has 26 heavy (non-hydrogen) atoms. The summed E-state index contributed by atoms with van der Waals surface area (Å²) in [6, 6.07) is 11.9. The highest BCUT2D eigenvalue weighted by Crippen LogP contribution is 2.24. The van der Waals surface area contributed by atoms with Crippen molar-refractivity contribution in [3.63, 3.8) is 0 Å². The summed E-state index contributed by atoms with van der Waals surface area (Å²) in [6.07, 6.45) is 4.20. The number of anilines is 1. The van der Waals surface area contributed by atoms with E-state index in [4.69, 9.17) is 5.21 Å². The maximum atomic E-state index is 11.5. The standard InChI is InChI=1S/C20H22N4O2/c1-2-3-4-5-6-10-16-20(21-14-19(25)23-26)24-17-11-8-7-9-15(17)12-13-18(24)22-16/h7-9,11-13,21,26H,2-5,14H2,1H3,(H,23,25). The van der Waals surface area contributed by atoms with Gasteiger partial charge in [-0.3, -0.25) is 14.4 Å². The first-order chi connectivity index (χ1) is 12.7. The number of carbonyl (C=O) groups is 1. The molecule has 0 radical (unpaired) electrons. The summed E-state index contributed by atoms with van der Waals surface area (Å²) in [7, 11) is 0. The minimum Gasteiger partial charge on any atom is -0.360 e. The molecule has 3 aromatic rings. The highest BCUT2D eigenvalue weighted by molar-refractivity contribution is 5.86. The summed E-state index contributed by atoms with van der Waals surface area (Å²) >= 11 is 0. The fourth-order valence-corrected chi connectivity index (χ4v) is 2.85. The maximum absolute atomic E-state index is 11.5. The number of nitrogens with one attached hydrogen (secondary N) is 2. The van der Waals surface area contributed by atoms with Gasteiger partial charge in [0.1, 0.15) is 11.5 Å². The first kappa shape index (κ1) is 17.8. The Bertz CT molecular complexity index is 982. The van der Waals surface area contributed by atoms with Crippen molar-refractivity contribution in [3.8, 4) is 11.8 Å². The Morgan fingerprint density at radius 2 is 2.08 bits per heavy atom. The number of amides is 1. The molecule has 0 bridgehead atoms. The van der Waals surface area contributed by atoms with Gasteiger partial charge < -0.3 is 5.32 Å². The fourth-order valence-electron chi connectivity index (χ4n) is 2.85. The number of carbonyl (C=O) groups excluding carboxylic acids is 1. The molecule has 2 aromatic heterocycles. The third-order valence-electron chi connectivity index (χ3n) is 4.15. The first-order valence-corrected chi connectivity index (χ1v) is 8.80. The van der Waals surface area contributed by atoms with E-state index in [1.165, 1.54) is 0 Å². The van der Waals surface area contributed by atoms with Crippen molar-refractivity contribution >= 4 is 28.3 Å². The van der Waals surface area contributed by atoms with Crippen molar-refractivity contribution in [2.75, 3.05) is 11.9 Å². The molecule has 3 rings (SSSR count). The second-order valence-corrected chi connectivity index (χ2v) is 6.04. The van der Waals surface area contributed by atoms with E-state index in [0.717, 1.165) is 42.2 Å². The third-order valence-corrected chi connectivity index (χ3v) is 4.15. The van der Waals surface area contributed by atoms with Gasteiger partial charge in [-0.25, -0.2) is 10.5 Å². The molecule has 2 heterocycles. The highest BCUT2D eigenvalue weighted by atomic mass is 16.5. The molecule has 0 unspecified atom stereocenters. The van der Waals surface area contributed by atoms with Crippen LogP contribution in [0.2, 0.25) is 0 Å². The molecule has 0 saturated heterocycles. The number of hydrogen-bond donors (Lipinski definition) is 3. The van der Waals surface area contributed by atoms with Crippen LogP contribution in [0.1, 0.15) is 38.3 Å². The van der Waals surface area contributed by atoms with E-state index in [0.29, 0.717) is 11.5 Å². The van der Waals surface area contributed by atoms with Gasteiger partial charge in [-0.05, 0) is 35.9 Å². The monoisotopic (exact) mass is 350 g/mol. The number of unbranched alkanes of at least 4 members (excludes halogenated alkanes) is 3. The number of imidazole rings is 1. The van der Waals surface area contributed by atoms with Crippen LogP contribution in [-0.2, 0) is 4.79 Å². The van der Waals surface area contributed by atoms with Crippen LogP contribution in [0.25, 0.3) is 16.6 Å². The zero-order chi connectivity index (χ0) is 18.4. The van der Waals surface area contributed by atoms with E-state index >= 15 is 0 Å². The Morgan fingerprint density at radius 3 is 2.88 bits per heavy atom. The minimum atomic E-state index is -0.526. The Morgan fingerprint density at radius 1 is 1.23 bits per heavy atom. The second kappa shape index (κ2) is 8.37. The molecule has 6 heteroatoms. The third kappa shape index (κ3) is 3.79. The van der Waals surface area contributed by atoms with Gasteiger partial charge in [-0.15, -0.1) is 0 Å². The Kier molecular flexibility index (Phi) is 5.72. The molecular formula is C20H22N4O2. The Labute approximate surface area is 152 Å². The summed E-state index contributed by atoms with van der Waals surface area (Å²) in [5.41, 5.74) is 3.97. The normalized spacial score (nSPS) is 10.5. The SMILES string of the molecule is CCCCCC#Cc1nc2ccc3ccccc3n2c1NCC(=O)NO. The number of benzene rings is 1. The van der Waals surface area contributed by atoms with Gasteiger partial charge in [0.25, 0.3) is 5.91 Å². The van der Waals surface area contributed by atoms with E-state index in [9.17, 15) is 4.79 Å². The van der Waals surface area contributed by atoms with Crippen LogP contribution < -0.4 is 10.8 Å². The molecule has 0 aliphatic heterocycles. The van der Waals surface area contributed by atoms with Crippen molar-refractivity contribution in [2.24, 2.45) is 0 Å². The molecule has 3 N–H and O–H groups in total. The number of hydrogen-bond acceptors (Lipinski definition) is 4.